The number of hydrogen-bond donors (Lipinski definition) is 0. The number of Topliss-reactive ketones (excluding diaryl/α,β-unsaturated/α-hetero) is 1. The lowest BCUT2D eigenvalue weighted by molar-refractivity contribution is -0.163. The minimum absolute atomic E-state index is 0.135. The first-order chi connectivity index (χ1) is 9.24. The molecule has 1 aromatic carbocycles. The van der Waals surface area contributed by atoms with Gasteiger partial charge in [-0.3, -0.25) is 9.59 Å². The van der Waals surface area contributed by atoms with Gasteiger partial charge in [0.05, 0.1) is 13.0 Å². The number of ether oxygens (including phenoxy) is 1. The molecule has 0 aliphatic carbocycles. The van der Waals surface area contributed by atoms with Gasteiger partial charge in [0.1, 0.15) is 11.7 Å². The van der Waals surface area contributed by atoms with Crippen LogP contribution in [0.3, 0.4) is 0 Å². The summed E-state index contributed by atoms with van der Waals surface area (Å²) < 4.78 is 54.5. The van der Waals surface area contributed by atoms with Crippen LogP contribution in [0, 0.1) is 11.7 Å². The van der Waals surface area contributed by atoms with Crippen LogP contribution in [0.15, 0.2) is 24.3 Å². The highest BCUT2D eigenvalue weighted by atomic mass is 19.4. The molecule has 110 valence electrons. The highest BCUT2D eigenvalue weighted by Crippen LogP contribution is 2.28. The number of rotatable bonds is 5. The van der Waals surface area contributed by atoms with Gasteiger partial charge in [0.25, 0.3) is 0 Å². The molecule has 0 fully saturated rings. The first-order valence-electron chi connectivity index (χ1n) is 5.77. The third-order valence-corrected chi connectivity index (χ3v) is 2.45. The van der Waals surface area contributed by atoms with Crippen LogP contribution >= 0.6 is 0 Å². The molecule has 3 nitrogen and oxygen atoms in total. The van der Waals surface area contributed by atoms with E-state index in [4.69, 9.17) is 0 Å². The van der Waals surface area contributed by atoms with Gasteiger partial charge in [0, 0.05) is 5.56 Å². The maximum atomic E-state index is 12.7. The summed E-state index contributed by atoms with van der Waals surface area (Å²) in [4.78, 5) is 23.4. The molecule has 0 radical (unpaired) electrons. The van der Waals surface area contributed by atoms with Crippen molar-refractivity contribution in [3.8, 4) is 0 Å². The van der Waals surface area contributed by atoms with Crippen LogP contribution in [0.1, 0.15) is 23.7 Å². The fourth-order valence-corrected chi connectivity index (χ4v) is 1.57. The standard InChI is InChI=1S/C13H12F4O3/c1-2-20-12(19)10(7-13(15,16)17)11(18)8-3-5-9(14)6-4-8/h3-6,10H,2,7H2,1H3. The van der Waals surface area contributed by atoms with Crippen LogP contribution < -0.4 is 0 Å². The maximum absolute atomic E-state index is 12.7. The Morgan fingerprint density at radius 1 is 1.20 bits per heavy atom. The zero-order valence-electron chi connectivity index (χ0n) is 10.5. The average molecular weight is 292 g/mol. The summed E-state index contributed by atoms with van der Waals surface area (Å²) in [6.07, 6.45) is -6.30. The summed E-state index contributed by atoms with van der Waals surface area (Å²) in [6.45, 7) is 1.29. The smallest absolute Gasteiger partial charge is 0.390 e. The summed E-state index contributed by atoms with van der Waals surface area (Å²) >= 11 is 0. The second-order valence-corrected chi connectivity index (χ2v) is 4.00. The molecule has 1 aromatic rings. The van der Waals surface area contributed by atoms with Crippen molar-refractivity contribution in [2.45, 2.75) is 19.5 Å². The van der Waals surface area contributed by atoms with E-state index in [9.17, 15) is 27.2 Å². The van der Waals surface area contributed by atoms with Crippen molar-refractivity contribution in [3.63, 3.8) is 0 Å². The molecule has 1 unspecified atom stereocenters. The van der Waals surface area contributed by atoms with E-state index < -0.39 is 36.1 Å². The highest BCUT2D eigenvalue weighted by molar-refractivity contribution is 6.08. The molecule has 7 heteroatoms. The summed E-state index contributed by atoms with van der Waals surface area (Å²) in [6, 6.07) is 3.92. The van der Waals surface area contributed by atoms with E-state index in [1.54, 1.807) is 0 Å². The van der Waals surface area contributed by atoms with E-state index >= 15 is 0 Å². The highest BCUT2D eigenvalue weighted by Gasteiger charge is 2.40. The lowest BCUT2D eigenvalue weighted by atomic mass is 9.94. The maximum Gasteiger partial charge on any atom is 0.390 e. The van der Waals surface area contributed by atoms with Crippen LogP contribution in [0.2, 0.25) is 0 Å². The van der Waals surface area contributed by atoms with Gasteiger partial charge in [-0.1, -0.05) is 0 Å². The molecule has 0 aromatic heterocycles. The Morgan fingerprint density at radius 2 is 1.75 bits per heavy atom. The third kappa shape index (κ3) is 4.64. The lowest BCUT2D eigenvalue weighted by Crippen LogP contribution is -2.31. The SMILES string of the molecule is CCOC(=O)C(CC(F)(F)F)C(=O)c1ccc(F)cc1. The molecule has 0 bridgehead atoms. The second-order valence-electron chi connectivity index (χ2n) is 4.00. The molecule has 1 rings (SSSR count). The van der Waals surface area contributed by atoms with E-state index in [1.165, 1.54) is 6.92 Å². The second kappa shape index (κ2) is 6.49. The molecule has 0 N–H and O–H groups in total. The predicted octanol–water partition coefficient (Wildman–Crippen LogP) is 3.14. The normalized spacial score (nSPS) is 12.8. The number of esters is 1. The van der Waals surface area contributed by atoms with Crippen molar-refractivity contribution in [2.24, 2.45) is 5.92 Å². The topological polar surface area (TPSA) is 43.4 Å². The first kappa shape index (κ1) is 16.1. The van der Waals surface area contributed by atoms with E-state index in [-0.39, 0.29) is 12.2 Å². The number of carbonyl (C=O) groups is 2. The molecule has 0 saturated heterocycles. The van der Waals surface area contributed by atoms with Gasteiger partial charge in [0.15, 0.2) is 5.78 Å². The Morgan fingerprint density at radius 3 is 2.20 bits per heavy atom. The first-order valence-corrected chi connectivity index (χ1v) is 5.77. The van der Waals surface area contributed by atoms with E-state index in [2.05, 4.69) is 4.74 Å². The minimum atomic E-state index is -4.69. The van der Waals surface area contributed by atoms with Gasteiger partial charge in [-0.2, -0.15) is 13.2 Å². The molecular formula is C13H12F4O3. The molecular weight excluding hydrogens is 280 g/mol. The zero-order valence-corrected chi connectivity index (χ0v) is 10.5. The number of carbonyl (C=O) groups excluding carboxylic acids is 2. The number of benzene rings is 1. The van der Waals surface area contributed by atoms with Crippen molar-refractivity contribution < 1.29 is 31.9 Å². The number of ketones is 1. The largest absolute Gasteiger partial charge is 0.465 e. The van der Waals surface area contributed by atoms with Crippen molar-refractivity contribution in [3.05, 3.63) is 35.6 Å². The van der Waals surface area contributed by atoms with Crippen LogP contribution in [0.25, 0.3) is 0 Å². The Kier molecular flexibility index (Phi) is 5.24. The minimum Gasteiger partial charge on any atom is -0.465 e. The van der Waals surface area contributed by atoms with Gasteiger partial charge < -0.3 is 4.74 Å². The average Bonchev–Trinajstić information content (AvgIpc) is 2.35. The van der Waals surface area contributed by atoms with E-state index in [0.29, 0.717) is 0 Å². The van der Waals surface area contributed by atoms with Crippen LogP contribution in [0.5, 0.6) is 0 Å². The van der Waals surface area contributed by atoms with Crippen LogP contribution in [-0.4, -0.2) is 24.5 Å². The van der Waals surface area contributed by atoms with Crippen molar-refractivity contribution in [2.75, 3.05) is 6.61 Å². The molecule has 0 aliphatic rings. The lowest BCUT2D eigenvalue weighted by Gasteiger charge is -2.16. The van der Waals surface area contributed by atoms with Crippen molar-refractivity contribution in [1.29, 1.82) is 0 Å². The Balaban J connectivity index is 3.00. The summed E-state index contributed by atoms with van der Waals surface area (Å²) in [5.41, 5.74) is -0.172. The van der Waals surface area contributed by atoms with Gasteiger partial charge in [-0.25, -0.2) is 4.39 Å². The molecule has 0 spiro atoms. The van der Waals surface area contributed by atoms with Gasteiger partial charge in [0.2, 0.25) is 0 Å². The summed E-state index contributed by atoms with van der Waals surface area (Å²) in [5, 5.41) is 0. The Labute approximate surface area is 112 Å². The molecule has 0 aliphatic heterocycles. The third-order valence-electron chi connectivity index (χ3n) is 2.45. The number of hydrogen-bond acceptors (Lipinski definition) is 3. The molecule has 0 amide bonds. The van der Waals surface area contributed by atoms with E-state index in [0.717, 1.165) is 24.3 Å². The van der Waals surface area contributed by atoms with Crippen molar-refractivity contribution in [1.82, 2.24) is 0 Å². The molecule has 20 heavy (non-hydrogen) atoms. The van der Waals surface area contributed by atoms with E-state index in [1.807, 2.05) is 0 Å². The van der Waals surface area contributed by atoms with Gasteiger partial charge in [-0.15, -0.1) is 0 Å². The van der Waals surface area contributed by atoms with Gasteiger partial charge >= 0.3 is 12.1 Å². The number of halogens is 4. The quantitative estimate of drug-likeness (QED) is 0.362. The van der Waals surface area contributed by atoms with Crippen LogP contribution in [-0.2, 0) is 9.53 Å². The number of alkyl halides is 3. The fraction of sp³-hybridized carbons (Fsp3) is 0.385. The van der Waals surface area contributed by atoms with Crippen molar-refractivity contribution >= 4 is 11.8 Å². The molecule has 0 saturated carbocycles. The Hall–Kier alpha value is -1.92. The zero-order chi connectivity index (χ0) is 15.3. The molecule has 0 heterocycles. The fourth-order valence-electron chi connectivity index (χ4n) is 1.57. The summed E-state index contributed by atoms with van der Waals surface area (Å²) in [7, 11) is 0. The molecule has 1 atom stereocenters. The monoisotopic (exact) mass is 292 g/mol. The predicted molar refractivity (Wildman–Crippen MR) is 61.5 cm³/mol. The van der Waals surface area contributed by atoms with Crippen LogP contribution in [0.4, 0.5) is 17.6 Å². The van der Waals surface area contributed by atoms with Gasteiger partial charge in [-0.05, 0) is 31.2 Å². The summed E-state index contributed by atoms with van der Waals surface area (Å²) in [5.74, 6) is -4.88. The Bertz CT molecular complexity index is 479.